The van der Waals surface area contributed by atoms with Crippen LogP contribution in [0.5, 0.6) is 0 Å². The predicted octanol–water partition coefficient (Wildman–Crippen LogP) is 1.39. The van der Waals surface area contributed by atoms with E-state index in [1.165, 1.54) is 4.88 Å². The van der Waals surface area contributed by atoms with E-state index < -0.39 is 6.10 Å². The van der Waals surface area contributed by atoms with Crippen LogP contribution in [0.1, 0.15) is 24.4 Å². The van der Waals surface area contributed by atoms with Crippen molar-refractivity contribution < 1.29 is 14.6 Å². The van der Waals surface area contributed by atoms with Crippen molar-refractivity contribution in [1.82, 2.24) is 10.3 Å². The van der Waals surface area contributed by atoms with Gasteiger partial charge in [-0.3, -0.25) is 0 Å². The lowest BCUT2D eigenvalue weighted by molar-refractivity contribution is 0.0347. The normalized spacial score (nSPS) is 14.4. The number of nitrogens with one attached hydrogen (secondary N) is 1. The quantitative estimate of drug-likeness (QED) is 0.605. The van der Waals surface area contributed by atoms with Gasteiger partial charge in [0.05, 0.1) is 37.1 Å². The van der Waals surface area contributed by atoms with Gasteiger partial charge in [-0.05, 0) is 20.8 Å². The number of nitrogens with zero attached hydrogens (tertiary/aromatic N) is 1. The molecule has 2 unspecified atom stereocenters. The van der Waals surface area contributed by atoms with Gasteiger partial charge in [-0.2, -0.15) is 0 Å². The molecular formula is C14H26N2O3S. The number of ether oxygens (including phenoxy) is 2. The Morgan fingerprint density at radius 1 is 1.40 bits per heavy atom. The minimum absolute atomic E-state index is 0.240. The molecule has 1 heterocycles. The van der Waals surface area contributed by atoms with Crippen LogP contribution in [-0.2, 0) is 15.9 Å². The van der Waals surface area contributed by atoms with Crippen molar-refractivity contribution in [2.24, 2.45) is 0 Å². The van der Waals surface area contributed by atoms with E-state index in [4.69, 9.17) is 9.47 Å². The van der Waals surface area contributed by atoms with Gasteiger partial charge in [-0.25, -0.2) is 4.98 Å². The number of hydrogen-bond donors (Lipinski definition) is 2. The molecule has 0 bridgehead atoms. The molecule has 1 aromatic rings. The van der Waals surface area contributed by atoms with Gasteiger partial charge in [0, 0.05) is 30.5 Å². The molecule has 6 heteroatoms. The molecule has 5 nitrogen and oxygen atoms in total. The first kappa shape index (κ1) is 17.5. The summed E-state index contributed by atoms with van der Waals surface area (Å²) < 4.78 is 10.8. The molecule has 0 aliphatic carbocycles. The van der Waals surface area contributed by atoms with Crippen molar-refractivity contribution in [3.05, 3.63) is 16.1 Å². The highest BCUT2D eigenvalue weighted by molar-refractivity contribution is 7.09. The summed E-state index contributed by atoms with van der Waals surface area (Å²) in [4.78, 5) is 5.45. The molecule has 0 saturated carbocycles. The number of aryl methyl sites for hydroxylation is 1. The van der Waals surface area contributed by atoms with Crippen molar-refractivity contribution in [2.45, 2.75) is 39.3 Å². The van der Waals surface area contributed by atoms with Crippen LogP contribution in [0, 0.1) is 6.92 Å². The van der Waals surface area contributed by atoms with Crippen molar-refractivity contribution >= 4 is 11.3 Å². The maximum atomic E-state index is 9.80. The summed E-state index contributed by atoms with van der Waals surface area (Å²) in [5.74, 6) is 0. The first-order chi connectivity index (χ1) is 9.63. The number of aliphatic hydroxyl groups excluding tert-OH is 1. The standard InChI is InChI=1S/C14H26N2O3S/c1-4-18-8-11(2)15-7-13(17)9-19-6-5-14-12(3)16-10-20-14/h10-11,13,15,17H,4-9H2,1-3H3. The van der Waals surface area contributed by atoms with E-state index >= 15 is 0 Å². The average Bonchev–Trinajstić information content (AvgIpc) is 2.84. The Morgan fingerprint density at radius 2 is 2.20 bits per heavy atom. The molecule has 2 atom stereocenters. The third-order valence-electron chi connectivity index (χ3n) is 2.90. The highest BCUT2D eigenvalue weighted by Crippen LogP contribution is 2.12. The lowest BCUT2D eigenvalue weighted by atomic mass is 10.3. The van der Waals surface area contributed by atoms with Gasteiger partial charge in [-0.15, -0.1) is 11.3 Å². The monoisotopic (exact) mass is 302 g/mol. The van der Waals surface area contributed by atoms with E-state index in [-0.39, 0.29) is 6.04 Å². The van der Waals surface area contributed by atoms with E-state index in [1.54, 1.807) is 11.3 Å². The molecule has 2 N–H and O–H groups in total. The van der Waals surface area contributed by atoms with Gasteiger partial charge in [0.2, 0.25) is 0 Å². The highest BCUT2D eigenvalue weighted by atomic mass is 32.1. The number of hydrogen-bond acceptors (Lipinski definition) is 6. The van der Waals surface area contributed by atoms with E-state index in [0.717, 1.165) is 12.1 Å². The second-order valence-corrected chi connectivity index (χ2v) is 5.75. The Labute approximate surface area is 125 Å². The number of rotatable bonds is 11. The minimum atomic E-state index is -0.485. The molecule has 20 heavy (non-hydrogen) atoms. The number of aromatic nitrogens is 1. The smallest absolute Gasteiger partial charge is 0.0897 e. The largest absolute Gasteiger partial charge is 0.389 e. The Kier molecular flexibility index (Phi) is 8.97. The van der Waals surface area contributed by atoms with E-state index in [1.807, 2.05) is 26.3 Å². The molecule has 116 valence electrons. The van der Waals surface area contributed by atoms with Crippen molar-refractivity contribution in [3.8, 4) is 0 Å². The summed E-state index contributed by atoms with van der Waals surface area (Å²) in [6, 6.07) is 0.240. The SMILES string of the molecule is CCOCC(C)NCC(O)COCCc1scnc1C. The first-order valence-electron chi connectivity index (χ1n) is 7.09. The first-order valence-corrected chi connectivity index (χ1v) is 7.97. The minimum Gasteiger partial charge on any atom is -0.389 e. The summed E-state index contributed by atoms with van der Waals surface area (Å²) in [6.45, 7) is 8.89. The summed E-state index contributed by atoms with van der Waals surface area (Å²) in [5.41, 5.74) is 2.92. The van der Waals surface area contributed by atoms with Crippen molar-refractivity contribution in [3.63, 3.8) is 0 Å². The van der Waals surface area contributed by atoms with Gasteiger partial charge in [0.15, 0.2) is 0 Å². The zero-order valence-corrected chi connectivity index (χ0v) is 13.4. The number of thiazole rings is 1. The van der Waals surface area contributed by atoms with Crippen LogP contribution in [0.25, 0.3) is 0 Å². The van der Waals surface area contributed by atoms with Gasteiger partial charge in [0.1, 0.15) is 0 Å². The predicted molar refractivity (Wildman–Crippen MR) is 81.3 cm³/mol. The van der Waals surface area contributed by atoms with Crippen molar-refractivity contribution in [1.29, 1.82) is 0 Å². The maximum Gasteiger partial charge on any atom is 0.0897 e. The average molecular weight is 302 g/mol. The summed E-state index contributed by atoms with van der Waals surface area (Å²) in [5, 5.41) is 13.0. The topological polar surface area (TPSA) is 63.6 Å². The van der Waals surface area contributed by atoms with Crippen LogP contribution < -0.4 is 5.32 Å². The van der Waals surface area contributed by atoms with Crippen LogP contribution in [-0.4, -0.2) is 55.2 Å². The molecule has 1 aromatic heterocycles. The van der Waals surface area contributed by atoms with E-state index in [0.29, 0.717) is 33.0 Å². The second kappa shape index (κ2) is 10.2. The van der Waals surface area contributed by atoms with Crippen molar-refractivity contribution in [2.75, 3.05) is 33.0 Å². The third-order valence-corrected chi connectivity index (χ3v) is 3.90. The molecule has 0 aliphatic heterocycles. The molecule has 1 rings (SSSR count). The van der Waals surface area contributed by atoms with Gasteiger partial charge >= 0.3 is 0 Å². The Hall–Kier alpha value is -0.530. The zero-order chi connectivity index (χ0) is 14.8. The van der Waals surface area contributed by atoms with Crippen LogP contribution in [0.15, 0.2) is 5.51 Å². The van der Waals surface area contributed by atoms with Gasteiger partial charge < -0.3 is 19.9 Å². The van der Waals surface area contributed by atoms with Gasteiger partial charge in [0.25, 0.3) is 0 Å². The Bertz CT molecular complexity index is 360. The molecule has 0 amide bonds. The molecule has 0 radical (unpaired) electrons. The fourth-order valence-corrected chi connectivity index (χ4v) is 2.46. The van der Waals surface area contributed by atoms with Crippen LogP contribution in [0.2, 0.25) is 0 Å². The van der Waals surface area contributed by atoms with Gasteiger partial charge in [-0.1, -0.05) is 0 Å². The molecule has 0 fully saturated rings. The van der Waals surface area contributed by atoms with Crippen LogP contribution in [0.4, 0.5) is 0 Å². The Morgan fingerprint density at radius 3 is 2.85 bits per heavy atom. The molecule has 0 aromatic carbocycles. The fraction of sp³-hybridized carbons (Fsp3) is 0.786. The fourth-order valence-electron chi connectivity index (χ4n) is 1.70. The summed E-state index contributed by atoms with van der Waals surface area (Å²) >= 11 is 1.65. The number of aliphatic hydroxyl groups is 1. The zero-order valence-electron chi connectivity index (χ0n) is 12.6. The molecular weight excluding hydrogens is 276 g/mol. The maximum absolute atomic E-state index is 9.80. The second-order valence-electron chi connectivity index (χ2n) is 4.81. The van der Waals surface area contributed by atoms with Crippen LogP contribution in [0.3, 0.4) is 0 Å². The summed E-state index contributed by atoms with van der Waals surface area (Å²) in [7, 11) is 0. The van der Waals surface area contributed by atoms with E-state index in [2.05, 4.69) is 10.3 Å². The molecule has 0 saturated heterocycles. The Balaban J connectivity index is 2.02. The highest BCUT2D eigenvalue weighted by Gasteiger charge is 2.08. The lowest BCUT2D eigenvalue weighted by Gasteiger charge is -2.17. The third kappa shape index (κ3) is 7.31. The van der Waals surface area contributed by atoms with Crippen LogP contribution >= 0.6 is 11.3 Å². The lowest BCUT2D eigenvalue weighted by Crippen LogP contribution is -2.38. The molecule has 0 aliphatic rings. The summed E-state index contributed by atoms with van der Waals surface area (Å²) in [6.07, 6.45) is 0.374. The molecule has 0 spiro atoms. The van der Waals surface area contributed by atoms with E-state index in [9.17, 15) is 5.11 Å².